The van der Waals surface area contributed by atoms with Crippen molar-refractivity contribution in [2.24, 2.45) is 5.92 Å². The molecule has 1 unspecified atom stereocenters. The van der Waals surface area contributed by atoms with Crippen LogP contribution < -0.4 is 0 Å². The molecule has 0 spiro atoms. The molecule has 20 heavy (non-hydrogen) atoms. The van der Waals surface area contributed by atoms with E-state index in [1.165, 1.54) is 12.1 Å². The number of hydrogen-bond acceptors (Lipinski definition) is 3. The summed E-state index contributed by atoms with van der Waals surface area (Å²) < 4.78 is 18.9. The van der Waals surface area contributed by atoms with Crippen LogP contribution in [0.5, 0.6) is 5.75 Å². The van der Waals surface area contributed by atoms with Crippen molar-refractivity contribution in [2.45, 2.75) is 26.4 Å². The van der Waals surface area contributed by atoms with Gasteiger partial charge in [-0.1, -0.05) is 38.1 Å². The number of allylic oxidation sites excluding steroid dienone is 2. The summed E-state index contributed by atoms with van der Waals surface area (Å²) in [6.07, 6.45) is 1.98. The van der Waals surface area contributed by atoms with Crippen LogP contribution in [-0.4, -0.2) is 17.2 Å². The van der Waals surface area contributed by atoms with E-state index >= 15 is 0 Å². The van der Waals surface area contributed by atoms with Gasteiger partial charge in [-0.25, -0.2) is 4.39 Å². The fourth-order valence-electron chi connectivity index (χ4n) is 2.18. The van der Waals surface area contributed by atoms with Gasteiger partial charge < -0.3 is 14.8 Å². The zero-order valence-electron chi connectivity index (χ0n) is 11.6. The lowest BCUT2D eigenvalue weighted by Gasteiger charge is -2.27. The minimum absolute atomic E-state index is 0.224. The fraction of sp³-hybridized carbons (Fsp3) is 0.333. The van der Waals surface area contributed by atoms with Crippen LogP contribution in [0.25, 0.3) is 0 Å². The van der Waals surface area contributed by atoms with E-state index in [0.717, 1.165) is 5.57 Å². The van der Waals surface area contributed by atoms with Gasteiger partial charge in [0.1, 0.15) is 0 Å². The molecule has 1 aliphatic heterocycles. The zero-order valence-corrected chi connectivity index (χ0v) is 11.6. The third-order valence-corrected chi connectivity index (χ3v) is 3.52. The van der Waals surface area contributed by atoms with Crippen molar-refractivity contribution in [3.63, 3.8) is 0 Å². The number of phenolic OH excluding ortho intramolecular Hbond substituents is 1. The molecule has 0 radical (unpaired) electrons. The third-order valence-electron chi connectivity index (χ3n) is 3.52. The van der Waals surface area contributed by atoms with Crippen LogP contribution >= 0.6 is 0 Å². The molecule has 106 valence electrons. The van der Waals surface area contributed by atoms with Gasteiger partial charge in [-0.15, -0.1) is 0 Å². The average Bonchev–Trinajstić information content (AvgIpc) is 2.41. The van der Waals surface area contributed by atoms with Crippen molar-refractivity contribution in [2.75, 3.05) is 0 Å². The van der Waals surface area contributed by atoms with Gasteiger partial charge in [0.05, 0.1) is 6.10 Å². The Kier molecular flexibility index (Phi) is 4.31. The lowest BCUT2D eigenvalue weighted by atomic mass is 9.69. The Labute approximate surface area is 118 Å². The molecular formula is C15H18BFO3. The SMILES string of the molecule is C=C(C1=CCC(c2ccc(O)c(F)c2)OB1O)C(C)C. The molecule has 2 N–H and O–H groups in total. The topological polar surface area (TPSA) is 49.7 Å². The minimum atomic E-state index is -1.06. The second kappa shape index (κ2) is 5.81. The van der Waals surface area contributed by atoms with Crippen LogP contribution in [-0.2, 0) is 4.65 Å². The van der Waals surface area contributed by atoms with Crippen molar-refractivity contribution in [3.8, 4) is 5.75 Å². The van der Waals surface area contributed by atoms with E-state index in [2.05, 4.69) is 6.58 Å². The zero-order chi connectivity index (χ0) is 14.9. The van der Waals surface area contributed by atoms with Crippen LogP contribution in [0.3, 0.4) is 0 Å². The van der Waals surface area contributed by atoms with Gasteiger partial charge in [0.2, 0.25) is 0 Å². The molecule has 0 fully saturated rings. The molecule has 0 aromatic heterocycles. The van der Waals surface area contributed by atoms with Crippen LogP contribution in [0.1, 0.15) is 31.9 Å². The summed E-state index contributed by atoms with van der Waals surface area (Å²) in [4.78, 5) is 0. The Balaban J connectivity index is 2.19. The molecule has 0 saturated heterocycles. The minimum Gasteiger partial charge on any atom is -0.505 e. The standard InChI is InChI=1S/C15H18BFO3/c1-9(2)10(3)12-5-7-15(20-16(12)19)11-4-6-14(18)13(17)8-11/h4-6,8-9,15,18-19H,3,7H2,1-2H3. The molecule has 1 heterocycles. The van der Waals surface area contributed by atoms with Crippen molar-refractivity contribution < 1.29 is 19.2 Å². The van der Waals surface area contributed by atoms with Gasteiger partial charge in [-0.3, -0.25) is 0 Å². The highest BCUT2D eigenvalue weighted by atomic mass is 19.1. The molecule has 0 bridgehead atoms. The van der Waals surface area contributed by atoms with Gasteiger partial charge >= 0.3 is 7.12 Å². The fourth-order valence-corrected chi connectivity index (χ4v) is 2.18. The normalized spacial score (nSPS) is 19.1. The monoisotopic (exact) mass is 276 g/mol. The maximum atomic E-state index is 13.3. The van der Waals surface area contributed by atoms with Crippen molar-refractivity contribution in [1.82, 2.24) is 0 Å². The summed E-state index contributed by atoms with van der Waals surface area (Å²) in [7, 11) is -1.06. The summed E-state index contributed by atoms with van der Waals surface area (Å²) in [5.41, 5.74) is 2.12. The highest BCUT2D eigenvalue weighted by Crippen LogP contribution is 2.33. The number of benzene rings is 1. The summed E-state index contributed by atoms with van der Waals surface area (Å²) >= 11 is 0. The van der Waals surface area contributed by atoms with Crippen molar-refractivity contribution in [1.29, 1.82) is 0 Å². The lowest BCUT2D eigenvalue weighted by Crippen LogP contribution is -2.29. The first-order chi connectivity index (χ1) is 9.40. The largest absolute Gasteiger partial charge is 0.505 e. The third kappa shape index (κ3) is 2.94. The molecule has 1 aromatic carbocycles. The Hall–Kier alpha value is -1.59. The molecule has 2 rings (SSSR count). The van der Waals surface area contributed by atoms with Crippen molar-refractivity contribution >= 4 is 7.12 Å². The highest BCUT2D eigenvalue weighted by Gasteiger charge is 2.31. The van der Waals surface area contributed by atoms with E-state index in [0.29, 0.717) is 17.5 Å². The Morgan fingerprint density at radius 2 is 2.20 bits per heavy atom. The first-order valence-corrected chi connectivity index (χ1v) is 6.61. The molecule has 1 aromatic rings. The average molecular weight is 276 g/mol. The number of halogens is 1. The molecule has 0 amide bonds. The van der Waals surface area contributed by atoms with Gasteiger partial charge in [0.25, 0.3) is 0 Å². The van der Waals surface area contributed by atoms with Crippen molar-refractivity contribution in [3.05, 3.63) is 53.3 Å². The van der Waals surface area contributed by atoms with Gasteiger partial charge in [-0.05, 0) is 35.5 Å². The quantitative estimate of drug-likeness (QED) is 0.834. The number of aromatic hydroxyl groups is 1. The summed E-state index contributed by atoms with van der Waals surface area (Å²) in [6.45, 7) is 7.95. The molecule has 1 aliphatic rings. The van der Waals surface area contributed by atoms with E-state index < -0.39 is 24.8 Å². The predicted octanol–water partition coefficient (Wildman–Crippen LogP) is 3.15. The van der Waals surface area contributed by atoms with Crippen LogP contribution in [0.4, 0.5) is 4.39 Å². The lowest BCUT2D eigenvalue weighted by molar-refractivity contribution is 0.167. The maximum absolute atomic E-state index is 13.3. The maximum Gasteiger partial charge on any atom is 0.491 e. The van der Waals surface area contributed by atoms with Crippen LogP contribution in [0.15, 0.2) is 41.9 Å². The Morgan fingerprint density at radius 3 is 2.75 bits per heavy atom. The van der Waals surface area contributed by atoms with Gasteiger partial charge in [0, 0.05) is 0 Å². The van der Waals surface area contributed by atoms with Crippen LogP contribution in [0.2, 0.25) is 0 Å². The van der Waals surface area contributed by atoms with E-state index in [9.17, 15) is 14.5 Å². The smallest absolute Gasteiger partial charge is 0.491 e. The molecule has 0 saturated carbocycles. The highest BCUT2D eigenvalue weighted by molar-refractivity contribution is 6.54. The van der Waals surface area contributed by atoms with Gasteiger partial charge in [0.15, 0.2) is 11.6 Å². The second-order valence-corrected chi connectivity index (χ2v) is 5.26. The molecule has 5 heteroatoms. The molecule has 3 nitrogen and oxygen atoms in total. The first kappa shape index (κ1) is 14.8. The van der Waals surface area contributed by atoms with E-state index in [1.807, 2.05) is 19.9 Å². The molecular weight excluding hydrogens is 258 g/mol. The van der Waals surface area contributed by atoms with Crippen LogP contribution in [0, 0.1) is 11.7 Å². The van der Waals surface area contributed by atoms with E-state index in [4.69, 9.17) is 4.65 Å². The molecule has 0 aliphatic carbocycles. The van der Waals surface area contributed by atoms with E-state index in [1.54, 1.807) is 6.07 Å². The summed E-state index contributed by atoms with van der Waals surface area (Å²) in [5.74, 6) is -0.862. The first-order valence-electron chi connectivity index (χ1n) is 6.61. The Morgan fingerprint density at radius 1 is 1.50 bits per heavy atom. The van der Waals surface area contributed by atoms with Gasteiger partial charge in [-0.2, -0.15) is 0 Å². The summed E-state index contributed by atoms with van der Waals surface area (Å²) in [6, 6.07) is 4.10. The number of hydrogen-bond donors (Lipinski definition) is 2. The Bertz CT molecular complexity index is 554. The number of phenols is 1. The second-order valence-electron chi connectivity index (χ2n) is 5.26. The van der Waals surface area contributed by atoms with E-state index in [-0.39, 0.29) is 5.92 Å². The molecule has 1 atom stereocenters. The summed E-state index contributed by atoms with van der Waals surface area (Å²) in [5, 5.41) is 19.2. The number of rotatable bonds is 3. The predicted molar refractivity (Wildman–Crippen MR) is 76.5 cm³/mol.